The van der Waals surface area contributed by atoms with Crippen molar-refractivity contribution >= 4 is 95.4 Å². The van der Waals surface area contributed by atoms with Gasteiger partial charge in [0.05, 0.1) is 80.9 Å². The number of ether oxygens (including phenoxy) is 9. The summed E-state index contributed by atoms with van der Waals surface area (Å²) in [5, 5.41) is 13.8. The minimum atomic E-state index is -0.779. The lowest BCUT2D eigenvalue weighted by Crippen LogP contribution is -2.42. The van der Waals surface area contributed by atoms with Crippen molar-refractivity contribution in [2.75, 3.05) is 151 Å². The molecule has 0 unspecified atom stereocenters. The first kappa shape index (κ1) is 101. The third-order valence-corrected chi connectivity index (χ3v) is 23.6. The van der Waals surface area contributed by atoms with Crippen LogP contribution in [-0.2, 0) is 18.9 Å². The topological polar surface area (TPSA) is 332 Å². The molecule has 4 aromatic heterocycles. The largest absolute Gasteiger partial charge is 0.514 e. The third kappa shape index (κ3) is 35.9. The van der Waals surface area contributed by atoms with Crippen molar-refractivity contribution in [3.05, 3.63) is 84.0 Å². The van der Waals surface area contributed by atoms with E-state index in [0.717, 1.165) is 199 Å². The summed E-state index contributed by atoms with van der Waals surface area (Å²) in [6, 6.07) is 5.24. The predicted molar refractivity (Wildman–Crippen MR) is 489 cm³/mol. The quantitative estimate of drug-likeness (QED) is 0.0178. The minimum absolute atomic E-state index is 0. The number of nitro groups is 1. The number of nitro benzene ring substituents is 1. The Labute approximate surface area is 751 Å². The molecular formula is C88H136B4ClN17O15. The van der Waals surface area contributed by atoms with Gasteiger partial charge in [-0.15, -0.1) is 12.4 Å². The van der Waals surface area contributed by atoms with E-state index < -0.39 is 28.7 Å². The highest BCUT2D eigenvalue weighted by Gasteiger charge is 2.45. The molecule has 32 nitrogen and oxygen atoms in total. The molecule has 11 fully saturated rings. The summed E-state index contributed by atoms with van der Waals surface area (Å²) in [7, 11) is 14.0. The van der Waals surface area contributed by atoms with E-state index in [-0.39, 0.29) is 68.2 Å². The number of amides is 3. The van der Waals surface area contributed by atoms with Crippen molar-refractivity contribution in [1.82, 2.24) is 59.9 Å². The van der Waals surface area contributed by atoms with E-state index in [4.69, 9.17) is 42.6 Å². The molecule has 6 radical (unpaired) electrons. The summed E-state index contributed by atoms with van der Waals surface area (Å²) in [6.45, 7) is 29.3. The molecule has 8 saturated heterocycles. The van der Waals surface area contributed by atoms with Gasteiger partial charge >= 0.3 is 24.4 Å². The smallest absolute Gasteiger partial charge is 0.476 e. The van der Waals surface area contributed by atoms with Crippen molar-refractivity contribution in [3.63, 3.8) is 0 Å². The van der Waals surface area contributed by atoms with Gasteiger partial charge in [0.1, 0.15) is 51.4 Å². The molecule has 1 N–H and O–H groups in total. The van der Waals surface area contributed by atoms with Gasteiger partial charge in [-0.1, -0.05) is 14.9 Å². The monoisotopic (exact) mass is 1750 g/mol. The van der Waals surface area contributed by atoms with Crippen molar-refractivity contribution in [3.8, 4) is 29.3 Å². The van der Waals surface area contributed by atoms with E-state index in [1.165, 1.54) is 114 Å². The first-order valence-corrected chi connectivity index (χ1v) is 44.6. The zero-order valence-corrected chi connectivity index (χ0v) is 74.1. The molecule has 1 aromatic carbocycles. The second-order valence-electron chi connectivity index (χ2n) is 35.6. The van der Waals surface area contributed by atoms with E-state index in [0.29, 0.717) is 80.1 Å². The number of non-ortho nitro benzene ring substituents is 1. The van der Waals surface area contributed by atoms with Crippen molar-refractivity contribution in [2.24, 2.45) is 23.7 Å². The number of hydrogen-bond donors (Lipinski definition) is 1. The number of benzene rings is 1. The van der Waals surface area contributed by atoms with E-state index >= 15 is 0 Å². The number of aromatic nitrogens is 8. The molecule has 0 spiro atoms. The van der Waals surface area contributed by atoms with Crippen molar-refractivity contribution < 1.29 is 66.7 Å². The number of rotatable bonds is 21. The molecule has 5 aromatic rings. The zero-order chi connectivity index (χ0) is 86.3. The Morgan fingerprint density at radius 1 is 0.424 bits per heavy atom. The van der Waals surface area contributed by atoms with Crippen molar-refractivity contribution in [2.45, 2.75) is 246 Å². The number of halogens is 1. The van der Waals surface area contributed by atoms with E-state index in [1.54, 1.807) is 29.7 Å². The molecule has 37 heteroatoms. The van der Waals surface area contributed by atoms with Crippen LogP contribution in [0.5, 0.6) is 29.3 Å². The van der Waals surface area contributed by atoms with Crippen LogP contribution in [0, 0.1) is 33.8 Å². The van der Waals surface area contributed by atoms with Crippen LogP contribution in [0.3, 0.4) is 0 Å². The van der Waals surface area contributed by atoms with E-state index in [2.05, 4.69) is 88.0 Å². The number of nitrogens with one attached hydrogen (secondary N) is 1. The summed E-state index contributed by atoms with van der Waals surface area (Å²) in [5.74, 6) is 8.39. The standard InChI is InChI=1S/2C20H30N4O3.C20H32N4O3.C15H24N4O.C11H11NO5.2CH4.B4.ClH/c2*1-20(7-8-20)27-19(25)24-11-5-16(6-12-24)15-26-18-14-21-17(13-22-18)23-9-3-2-4-10-23;1-20(2,3)27-19(25)24-11-7-16(8-12-24)15-26-18-14-21-17(13-22-18)23-9-5-4-6-10-23;1-2-8-19(9-3-1)14-10-18-15(11-17-14)20-12-13-4-6-16-7-5-13;1-11(6-7-11)17-10(13)16-9-4-2-8(3-5-9)12(14)15;;;1-4(2)3;/h2*13-14,16H,2-12,15H2,1H3;13-14,16H,4-12,15H2,1-3H3;10-11,13,16H,1-9,12H2;2-5H,6-7H2,1H3;2*1H4;;1H. The number of carbonyl (C=O) groups is 4. The highest BCUT2D eigenvalue weighted by atomic mass is 35.5. The van der Waals surface area contributed by atoms with Crippen molar-refractivity contribution in [1.29, 1.82) is 0 Å². The fourth-order valence-corrected chi connectivity index (χ4v) is 15.1. The molecule has 16 rings (SSSR count). The van der Waals surface area contributed by atoms with Crippen LogP contribution in [0.4, 0.5) is 48.1 Å². The highest BCUT2D eigenvalue weighted by Crippen LogP contribution is 2.42. The minimum Gasteiger partial charge on any atom is -0.476 e. The first-order chi connectivity index (χ1) is 58.8. The Balaban J connectivity index is 0.000000192. The molecule has 3 amide bonds. The lowest BCUT2D eigenvalue weighted by Gasteiger charge is -2.33. The van der Waals surface area contributed by atoms with Crippen LogP contribution >= 0.6 is 12.4 Å². The van der Waals surface area contributed by atoms with Gasteiger partial charge in [-0.2, -0.15) is 0 Å². The average molecular weight is 1750 g/mol. The maximum atomic E-state index is 12.2. The predicted octanol–water partition coefficient (Wildman–Crippen LogP) is 14.7. The Bertz CT molecular complexity index is 3710. The van der Waals surface area contributed by atoms with Gasteiger partial charge < -0.3 is 82.2 Å². The summed E-state index contributed by atoms with van der Waals surface area (Å²) >= 11 is 0. The number of carbonyl (C=O) groups excluding carboxylic acids is 4. The number of anilines is 4. The molecule has 3 aliphatic carbocycles. The number of nitrogens with zero attached hydrogens (tertiary/aromatic N) is 16. The average Bonchev–Trinajstić information content (AvgIpc) is 1.65. The van der Waals surface area contributed by atoms with Crippen LogP contribution in [0.15, 0.2) is 73.8 Å². The number of likely N-dealkylation sites (tertiary alicyclic amines) is 3. The summed E-state index contributed by atoms with van der Waals surface area (Å²) in [6.07, 6.45) is 41.0. The van der Waals surface area contributed by atoms with Gasteiger partial charge in [-0.05, 0) is 257 Å². The van der Waals surface area contributed by atoms with E-state index in [9.17, 15) is 29.3 Å². The summed E-state index contributed by atoms with van der Waals surface area (Å²) in [4.78, 5) is 108. The molecule has 682 valence electrons. The molecule has 12 heterocycles. The number of hydrogen-bond acceptors (Lipinski definition) is 28. The normalized spacial score (nSPS) is 19.5. The summed E-state index contributed by atoms with van der Waals surface area (Å²) < 4.78 is 49.7. The zero-order valence-electron chi connectivity index (χ0n) is 73.3. The maximum Gasteiger partial charge on any atom is 0.514 e. The summed E-state index contributed by atoms with van der Waals surface area (Å²) in [5.41, 5.74) is -1.29. The molecular weight excluding hydrogens is 1610 g/mol. The fraction of sp³-hybridized carbons (Fsp3) is 0.705. The second kappa shape index (κ2) is 50.5. The number of piperidine rings is 8. The second-order valence-corrected chi connectivity index (χ2v) is 35.6. The van der Waals surface area contributed by atoms with E-state index in [1.807, 2.05) is 76.1 Å². The van der Waals surface area contributed by atoms with Gasteiger partial charge in [-0.25, -0.2) is 59.0 Å². The van der Waals surface area contributed by atoms with Gasteiger partial charge in [0, 0.05) is 133 Å². The van der Waals surface area contributed by atoms with Crippen LogP contribution < -0.4 is 48.6 Å². The molecule has 125 heavy (non-hydrogen) atoms. The molecule has 0 atom stereocenters. The Hall–Kier alpha value is -9.07. The van der Waals surface area contributed by atoms with Gasteiger partial charge in [-0.3, -0.25) is 10.1 Å². The van der Waals surface area contributed by atoms with Crippen LogP contribution in [-0.4, -0.2) is 267 Å². The Morgan fingerprint density at radius 3 is 0.952 bits per heavy atom. The van der Waals surface area contributed by atoms with Gasteiger partial charge in [0.25, 0.3) is 5.69 Å². The highest BCUT2D eigenvalue weighted by molar-refractivity contribution is 7.49. The third-order valence-electron chi connectivity index (χ3n) is 23.6. The molecule has 0 bridgehead atoms. The molecule has 8 aliphatic heterocycles. The SMILES string of the molecule is C.C.CC(C)(C)OC(=O)N1CCC(COc2cnc(N3CCCCC3)cn2)CC1.CC1(OC(=O)N2CCC(COc3cnc(N4CCCCC4)cn3)CC2)CC1.CC1(OC(=O)N2CCC(COc3cnc(N4CCCCC4)cn3)CC2)CC1.CC1(OC(=O)Oc2ccc([N+](=O)[O-])cc2)CC1.Cl.[B]B([B])[B].c1nc(N2CCCCC2)cnc1OCC1CCNCC1. The Kier molecular flexibility index (Phi) is 40.9. The first-order valence-electron chi connectivity index (χ1n) is 44.6. The fourth-order valence-electron chi connectivity index (χ4n) is 15.1. The van der Waals surface area contributed by atoms with Gasteiger partial charge in [0.2, 0.25) is 23.5 Å². The van der Waals surface area contributed by atoms with Crippen LogP contribution in [0.2, 0.25) is 0 Å². The van der Waals surface area contributed by atoms with Crippen LogP contribution in [0.25, 0.3) is 0 Å². The van der Waals surface area contributed by atoms with Gasteiger partial charge in [0.15, 0.2) is 0 Å². The maximum absolute atomic E-state index is 12.2. The lowest BCUT2D eigenvalue weighted by molar-refractivity contribution is -0.384. The molecule has 11 aliphatic rings. The molecule has 3 saturated carbocycles. The lowest BCUT2D eigenvalue weighted by atomic mass is 9.08. The van der Waals surface area contributed by atoms with Crippen LogP contribution in [0.1, 0.15) is 223 Å². The Morgan fingerprint density at radius 2 is 0.696 bits per heavy atom.